The van der Waals surface area contributed by atoms with Crippen LogP contribution in [0.4, 0.5) is 19.3 Å². The number of nitrogens with two attached hydrogens (primary N) is 1. The summed E-state index contributed by atoms with van der Waals surface area (Å²) in [6.07, 6.45) is -0.631. The van der Waals surface area contributed by atoms with Crippen LogP contribution in [0, 0.1) is 18.6 Å². The fourth-order valence-corrected chi connectivity index (χ4v) is 1.46. The van der Waals surface area contributed by atoms with Crippen LogP contribution < -0.4 is 16.4 Å². The molecule has 1 atom stereocenters. The molecule has 9 heteroatoms. The van der Waals surface area contributed by atoms with Crippen LogP contribution in [-0.4, -0.2) is 29.1 Å². The number of hydrogen-bond donors (Lipinski definition) is 4. The fourth-order valence-electron chi connectivity index (χ4n) is 1.46. The number of carboxylic acid groups (broad SMARTS) is 1. The number of aliphatic carboxylic acids is 1. The van der Waals surface area contributed by atoms with Gasteiger partial charge in [0, 0.05) is 6.07 Å². The fraction of sp³-hybridized carbons (Fsp3) is 0.250. The lowest BCUT2D eigenvalue weighted by Gasteiger charge is -2.14. The lowest BCUT2D eigenvalue weighted by atomic mass is 10.2. The first-order valence-corrected chi connectivity index (χ1v) is 5.75. The van der Waals surface area contributed by atoms with Gasteiger partial charge >= 0.3 is 12.0 Å². The van der Waals surface area contributed by atoms with Gasteiger partial charge in [-0.05, 0) is 18.6 Å². The van der Waals surface area contributed by atoms with E-state index in [9.17, 15) is 23.2 Å². The average Bonchev–Trinajstić information content (AvgIpc) is 2.34. The van der Waals surface area contributed by atoms with Crippen LogP contribution in [0.15, 0.2) is 12.1 Å². The molecule has 1 aromatic carbocycles. The van der Waals surface area contributed by atoms with Crippen molar-refractivity contribution in [3.8, 4) is 0 Å². The lowest BCUT2D eigenvalue weighted by Crippen LogP contribution is -2.45. The predicted octanol–water partition coefficient (Wildman–Crippen LogP) is 0.723. The largest absolute Gasteiger partial charge is 0.480 e. The summed E-state index contributed by atoms with van der Waals surface area (Å²) in [5.74, 6) is -4.04. The second kappa shape index (κ2) is 6.64. The van der Waals surface area contributed by atoms with Crippen molar-refractivity contribution in [2.45, 2.75) is 19.4 Å². The standard InChI is InChI=1S/C12H13F2N3O4/c1-5-2-7(14)8(3-6(5)13)16-12(21)17-9(11(19)20)4-10(15)18/h2-3,9H,4H2,1H3,(H2,15,18)(H,19,20)(H2,16,17,21)/t9-/m1/s1. The molecule has 0 aliphatic heterocycles. The second-order valence-electron chi connectivity index (χ2n) is 4.24. The summed E-state index contributed by atoms with van der Waals surface area (Å²) in [6.45, 7) is 1.34. The van der Waals surface area contributed by atoms with Crippen LogP contribution in [-0.2, 0) is 9.59 Å². The van der Waals surface area contributed by atoms with Crippen molar-refractivity contribution in [3.63, 3.8) is 0 Å². The number of benzene rings is 1. The number of carboxylic acids is 1. The summed E-state index contributed by atoms with van der Waals surface area (Å²) in [7, 11) is 0. The minimum atomic E-state index is -1.57. The highest BCUT2D eigenvalue weighted by Crippen LogP contribution is 2.18. The van der Waals surface area contributed by atoms with E-state index in [2.05, 4.69) is 0 Å². The highest BCUT2D eigenvalue weighted by Gasteiger charge is 2.22. The van der Waals surface area contributed by atoms with Gasteiger partial charge in [0.1, 0.15) is 17.7 Å². The Balaban J connectivity index is 2.79. The molecular formula is C12H13F2N3O4. The number of carbonyl (C=O) groups is 3. The number of primary amides is 1. The molecule has 0 bridgehead atoms. The summed E-state index contributed by atoms with van der Waals surface area (Å²) in [4.78, 5) is 33.0. The van der Waals surface area contributed by atoms with Crippen molar-refractivity contribution >= 4 is 23.6 Å². The zero-order chi connectivity index (χ0) is 16.2. The van der Waals surface area contributed by atoms with Crippen molar-refractivity contribution < 1.29 is 28.3 Å². The molecule has 21 heavy (non-hydrogen) atoms. The van der Waals surface area contributed by atoms with Gasteiger partial charge in [-0.3, -0.25) is 4.79 Å². The third-order valence-electron chi connectivity index (χ3n) is 2.51. The Kier molecular flexibility index (Phi) is 5.17. The molecule has 0 saturated heterocycles. The molecule has 3 amide bonds. The molecule has 114 valence electrons. The predicted molar refractivity (Wildman–Crippen MR) is 68.5 cm³/mol. The molecule has 5 N–H and O–H groups in total. The number of aryl methyl sites for hydroxylation is 1. The molecule has 0 heterocycles. The lowest BCUT2D eigenvalue weighted by molar-refractivity contribution is -0.140. The Labute approximate surface area is 118 Å². The van der Waals surface area contributed by atoms with E-state index in [0.717, 1.165) is 12.1 Å². The van der Waals surface area contributed by atoms with E-state index >= 15 is 0 Å². The minimum Gasteiger partial charge on any atom is -0.480 e. The van der Waals surface area contributed by atoms with Gasteiger partial charge in [-0.15, -0.1) is 0 Å². The first-order valence-electron chi connectivity index (χ1n) is 5.75. The Morgan fingerprint density at radius 1 is 1.29 bits per heavy atom. The van der Waals surface area contributed by atoms with E-state index in [4.69, 9.17) is 10.8 Å². The Bertz CT molecular complexity index is 592. The number of hydrogen-bond acceptors (Lipinski definition) is 3. The number of carbonyl (C=O) groups excluding carboxylic acids is 2. The first-order chi connectivity index (χ1) is 9.70. The third-order valence-corrected chi connectivity index (χ3v) is 2.51. The van der Waals surface area contributed by atoms with Gasteiger partial charge < -0.3 is 21.5 Å². The smallest absolute Gasteiger partial charge is 0.326 e. The third kappa shape index (κ3) is 4.71. The number of urea groups is 1. The van der Waals surface area contributed by atoms with Crippen molar-refractivity contribution in [2.24, 2.45) is 5.73 Å². The molecule has 7 nitrogen and oxygen atoms in total. The zero-order valence-electron chi connectivity index (χ0n) is 10.9. The SMILES string of the molecule is Cc1cc(F)c(NC(=O)N[C@H](CC(N)=O)C(=O)O)cc1F. The van der Waals surface area contributed by atoms with Crippen LogP contribution in [0.1, 0.15) is 12.0 Å². The average molecular weight is 301 g/mol. The van der Waals surface area contributed by atoms with Crippen molar-refractivity contribution in [3.05, 3.63) is 29.3 Å². The molecule has 0 aliphatic rings. The summed E-state index contributed by atoms with van der Waals surface area (Å²) < 4.78 is 26.8. The summed E-state index contributed by atoms with van der Waals surface area (Å²) in [6, 6.07) is -1.04. The Morgan fingerprint density at radius 3 is 2.43 bits per heavy atom. The zero-order valence-corrected chi connectivity index (χ0v) is 10.9. The van der Waals surface area contributed by atoms with E-state index < -0.39 is 47.7 Å². The van der Waals surface area contributed by atoms with Gasteiger partial charge in [-0.25, -0.2) is 18.4 Å². The van der Waals surface area contributed by atoms with Crippen LogP contribution in [0.25, 0.3) is 0 Å². The quantitative estimate of drug-likeness (QED) is 0.640. The highest BCUT2D eigenvalue weighted by molar-refractivity contribution is 5.93. The van der Waals surface area contributed by atoms with Crippen LogP contribution in [0.5, 0.6) is 0 Å². The molecule has 1 aromatic rings. The second-order valence-corrected chi connectivity index (χ2v) is 4.24. The number of halogens is 2. The van der Waals surface area contributed by atoms with Crippen LogP contribution in [0.3, 0.4) is 0 Å². The molecule has 0 spiro atoms. The first kappa shape index (κ1) is 16.3. The van der Waals surface area contributed by atoms with Crippen LogP contribution >= 0.6 is 0 Å². The van der Waals surface area contributed by atoms with Gasteiger partial charge in [0.2, 0.25) is 5.91 Å². The normalized spacial score (nSPS) is 11.6. The Hall–Kier alpha value is -2.71. The molecule has 1 rings (SSSR count). The molecule has 0 aromatic heterocycles. The minimum absolute atomic E-state index is 0.0515. The monoisotopic (exact) mass is 301 g/mol. The highest BCUT2D eigenvalue weighted by atomic mass is 19.1. The van der Waals surface area contributed by atoms with Crippen LogP contribution in [0.2, 0.25) is 0 Å². The number of rotatable bonds is 5. The van der Waals surface area contributed by atoms with Gasteiger partial charge in [-0.1, -0.05) is 0 Å². The number of anilines is 1. The summed E-state index contributed by atoms with van der Waals surface area (Å²) in [5, 5.41) is 12.7. The van der Waals surface area contributed by atoms with Crippen molar-refractivity contribution in [1.82, 2.24) is 5.32 Å². The summed E-state index contributed by atoms with van der Waals surface area (Å²) >= 11 is 0. The van der Waals surface area contributed by atoms with E-state index in [-0.39, 0.29) is 5.56 Å². The molecular weight excluding hydrogens is 288 g/mol. The topological polar surface area (TPSA) is 122 Å². The Morgan fingerprint density at radius 2 is 1.90 bits per heavy atom. The van der Waals surface area contributed by atoms with E-state index in [1.54, 1.807) is 0 Å². The van der Waals surface area contributed by atoms with Gasteiger partial charge in [0.05, 0.1) is 12.1 Å². The number of amides is 3. The molecule has 0 saturated carbocycles. The molecule has 0 radical (unpaired) electrons. The van der Waals surface area contributed by atoms with Crippen molar-refractivity contribution in [2.75, 3.05) is 5.32 Å². The maximum Gasteiger partial charge on any atom is 0.326 e. The molecule has 0 unspecified atom stereocenters. The number of nitrogens with one attached hydrogen (secondary N) is 2. The van der Waals surface area contributed by atoms with E-state index in [1.807, 2.05) is 10.6 Å². The van der Waals surface area contributed by atoms with Gasteiger partial charge in [0.25, 0.3) is 0 Å². The molecule has 0 fully saturated rings. The van der Waals surface area contributed by atoms with Crippen molar-refractivity contribution in [1.29, 1.82) is 0 Å². The maximum atomic E-state index is 13.5. The van der Waals surface area contributed by atoms with Gasteiger partial charge in [-0.2, -0.15) is 0 Å². The maximum absolute atomic E-state index is 13.5. The van der Waals surface area contributed by atoms with E-state index in [1.165, 1.54) is 6.92 Å². The van der Waals surface area contributed by atoms with E-state index in [0.29, 0.717) is 0 Å². The molecule has 0 aliphatic carbocycles. The summed E-state index contributed by atoms with van der Waals surface area (Å²) in [5.41, 5.74) is 4.43. The van der Waals surface area contributed by atoms with Gasteiger partial charge in [0.15, 0.2) is 0 Å².